The van der Waals surface area contributed by atoms with Crippen molar-refractivity contribution in [2.45, 2.75) is 12.8 Å². The molecule has 0 bridgehead atoms. The number of nitrogens with one attached hydrogen (secondary N) is 1. The Hall–Kier alpha value is -3.15. The second-order valence-electron chi connectivity index (χ2n) is 5.59. The lowest BCUT2D eigenvalue weighted by Gasteiger charge is -2.05. The number of aliphatic imine (C=N–C) groups is 1. The van der Waals surface area contributed by atoms with E-state index in [9.17, 15) is 4.39 Å². The fraction of sp³-hybridized carbons (Fsp3) is 0.158. The maximum atomic E-state index is 13.8. The maximum Gasteiger partial charge on any atom is 0.231 e. The number of rotatable bonds is 5. The minimum Gasteiger partial charge on any atom is -0.370 e. The highest BCUT2D eigenvalue weighted by molar-refractivity contribution is 5.90. The van der Waals surface area contributed by atoms with E-state index in [4.69, 9.17) is 10.3 Å². The average Bonchev–Trinajstić information content (AvgIpc) is 3.08. The van der Waals surface area contributed by atoms with Crippen molar-refractivity contribution in [3.63, 3.8) is 0 Å². The Balaban J connectivity index is 1.62. The van der Waals surface area contributed by atoms with Gasteiger partial charge in [0.1, 0.15) is 5.82 Å². The number of nitrogens with two attached hydrogens (primary N) is 1. The lowest BCUT2D eigenvalue weighted by molar-refractivity contribution is 0.426. The van der Waals surface area contributed by atoms with Crippen molar-refractivity contribution >= 4 is 11.8 Å². The van der Waals surface area contributed by atoms with Gasteiger partial charge in [-0.3, -0.25) is 10.3 Å². The predicted molar refractivity (Wildman–Crippen MR) is 96.9 cm³/mol. The summed E-state index contributed by atoms with van der Waals surface area (Å²) in [5, 5.41) is 6.80. The minimum atomic E-state index is -0.215. The zero-order valence-corrected chi connectivity index (χ0v) is 13.9. The van der Waals surface area contributed by atoms with Crippen LogP contribution in [0.3, 0.4) is 0 Å². The van der Waals surface area contributed by atoms with E-state index in [0.29, 0.717) is 11.4 Å². The molecule has 1 heterocycles. The fourth-order valence-corrected chi connectivity index (χ4v) is 2.49. The largest absolute Gasteiger partial charge is 0.370 e. The van der Waals surface area contributed by atoms with E-state index >= 15 is 0 Å². The van der Waals surface area contributed by atoms with E-state index in [0.717, 1.165) is 29.7 Å². The second kappa shape index (κ2) is 7.61. The Morgan fingerprint density at radius 1 is 1.16 bits per heavy atom. The van der Waals surface area contributed by atoms with Crippen LogP contribution in [0, 0.1) is 5.82 Å². The first-order chi connectivity index (χ1) is 12.2. The van der Waals surface area contributed by atoms with Crippen LogP contribution in [-0.2, 0) is 12.8 Å². The molecule has 0 aliphatic carbocycles. The molecule has 3 aromatic rings. The van der Waals surface area contributed by atoms with Crippen molar-refractivity contribution in [2.24, 2.45) is 10.7 Å². The third kappa shape index (κ3) is 4.23. The Kier molecular flexibility index (Phi) is 5.09. The quantitative estimate of drug-likeness (QED) is 0.550. The summed E-state index contributed by atoms with van der Waals surface area (Å²) < 4.78 is 19.0. The van der Waals surface area contributed by atoms with Crippen molar-refractivity contribution in [2.75, 3.05) is 12.4 Å². The van der Waals surface area contributed by atoms with Gasteiger partial charge < -0.3 is 10.3 Å². The van der Waals surface area contributed by atoms with Crippen LogP contribution in [-0.4, -0.2) is 18.2 Å². The molecule has 5 nitrogen and oxygen atoms in total. The van der Waals surface area contributed by atoms with Gasteiger partial charge in [-0.15, -0.1) is 0 Å². The average molecular weight is 338 g/mol. The highest BCUT2D eigenvalue weighted by atomic mass is 19.1. The molecule has 2 aromatic carbocycles. The summed E-state index contributed by atoms with van der Waals surface area (Å²) in [6, 6.07) is 16.4. The molecule has 0 saturated heterocycles. The number of hydrogen-bond acceptors (Lipinski definition) is 3. The number of aromatic nitrogens is 1. The summed E-state index contributed by atoms with van der Waals surface area (Å²) in [6.07, 6.45) is 1.54. The first-order valence-electron chi connectivity index (χ1n) is 7.94. The maximum absolute atomic E-state index is 13.8. The zero-order chi connectivity index (χ0) is 17.6. The molecule has 0 amide bonds. The molecule has 25 heavy (non-hydrogen) atoms. The van der Waals surface area contributed by atoms with Crippen LogP contribution in [0.5, 0.6) is 0 Å². The third-order valence-corrected chi connectivity index (χ3v) is 3.86. The molecule has 128 valence electrons. The molecule has 1 aromatic heterocycles. The Morgan fingerprint density at radius 2 is 1.92 bits per heavy atom. The molecule has 0 unspecified atom stereocenters. The summed E-state index contributed by atoms with van der Waals surface area (Å²) in [7, 11) is 1.59. The molecule has 6 heteroatoms. The second-order valence-corrected chi connectivity index (χ2v) is 5.59. The van der Waals surface area contributed by atoms with Crippen molar-refractivity contribution in [3.05, 3.63) is 71.7 Å². The first kappa shape index (κ1) is 16.7. The number of nitrogens with zero attached hydrogens (tertiary/aromatic N) is 2. The summed E-state index contributed by atoms with van der Waals surface area (Å²) in [5.74, 6) is 0.521. The zero-order valence-electron chi connectivity index (χ0n) is 13.9. The minimum absolute atomic E-state index is 0.215. The van der Waals surface area contributed by atoms with E-state index < -0.39 is 0 Å². The van der Waals surface area contributed by atoms with Crippen molar-refractivity contribution in [3.8, 4) is 11.1 Å². The summed E-state index contributed by atoms with van der Waals surface area (Å²) in [5.41, 5.74) is 9.02. The van der Waals surface area contributed by atoms with Gasteiger partial charge in [0.25, 0.3) is 0 Å². The fourth-order valence-electron chi connectivity index (χ4n) is 2.49. The molecule has 0 aliphatic rings. The highest BCUT2D eigenvalue weighted by Gasteiger charge is 2.07. The smallest absolute Gasteiger partial charge is 0.231 e. The summed E-state index contributed by atoms with van der Waals surface area (Å²) in [4.78, 5) is 3.79. The van der Waals surface area contributed by atoms with Gasteiger partial charge in [-0.2, -0.15) is 0 Å². The Bertz CT molecular complexity index is 871. The van der Waals surface area contributed by atoms with Crippen LogP contribution in [0.15, 0.2) is 64.1 Å². The number of halogens is 1. The van der Waals surface area contributed by atoms with Gasteiger partial charge in [0.2, 0.25) is 5.88 Å². The number of guanidine groups is 1. The predicted octanol–water partition coefficient (Wildman–Crippen LogP) is 3.62. The number of aryl methyl sites for hydroxylation is 2. The van der Waals surface area contributed by atoms with Gasteiger partial charge in [-0.25, -0.2) is 4.39 Å². The first-order valence-corrected chi connectivity index (χ1v) is 7.94. The van der Waals surface area contributed by atoms with Crippen LogP contribution < -0.4 is 11.1 Å². The van der Waals surface area contributed by atoms with E-state index in [-0.39, 0.29) is 11.8 Å². The molecule has 0 atom stereocenters. The third-order valence-electron chi connectivity index (χ3n) is 3.86. The number of benzene rings is 2. The number of hydrogen-bond donors (Lipinski definition) is 2. The topological polar surface area (TPSA) is 76.4 Å². The molecule has 0 spiro atoms. The van der Waals surface area contributed by atoms with Gasteiger partial charge in [0.05, 0.1) is 5.69 Å². The standard InChI is InChI=1S/C19H19FN4O/c1-22-19(21)23-18-12-15(24-25-18)11-8-13-6-9-14(10-7-13)16-4-2-3-5-17(16)20/h2-7,9-10,12H,8,11H2,1H3,(H3,21,22,23). The van der Waals surface area contributed by atoms with E-state index in [1.807, 2.05) is 30.3 Å². The lowest BCUT2D eigenvalue weighted by atomic mass is 10.0. The summed E-state index contributed by atoms with van der Waals surface area (Å²) in [6.45, 7) is 0. The molecule has 3 rings (SSSR count). The molecule has 3 N–H and O–H groups in total. The van der Waals surface area contributed by atoms with Crippen LogP contribution in [0.4, 0.5) is 10.3 Å². The molecular formula is C19H19FN4O. The molecule has 0 radical (unpaired) electrons. The van der Waals surface area contributed by atoms with Gasteiger partial charge in [-0.05, 0) is 30.0 Å². The molecule has 0 aliphatic heterocycles. The van der Waals surface area contributed by atoms with E-state index in [2.05, 4.69) is 15.5 Å². The van der Waals surface area contributed by atoms with Crippen molar-refractivity contribution in [1.82, 2.24) is 5.16 Å². The molecule has 0 fully saturated rings. The Morgan fingerprint density at radius 3 is 2.64 bits per heavy atom. The van der Waals surface area contributed by atoms with Gasteiger partial charge in [0.15, 0.2) is 5.96 Å². The lowest BCUT2D eigenvalue weighted by Crippen LogP contribution is -2.21. The van der Waals surface area contributed by atoms with Crippen molar-refractivity contribution < 1.29 is 8.91 Å². The van der Waals surface area contributed by atoms with Crippen molar-refractivity contribution in [1.29, 1.82) is 0 Å². The van der Waals surface area contributed by atoms with Crippen LogP contribution >= 0.6 is 0 Å². The van der Waals surface area contributed by atoms with Crippen LogP contribution in [0.1, 0.15) is 11.3 Å². The Labute approximate surface area is 145 Å². The summed E-state index contributed by atoms with van der Waals surface area (Å²) >= 11 is 0. The van der Waals surface area contributed by atoms with Gasteiger partial charge >= 0.3 is 0 Å². The van der Waals surface area contributed by atoms with E-state index in [1.54, 1.807) is 25.2 Å². The monoisotopic (exact) mass is 338 g/mol. The SMILES string of the molecule is CN=C(N)Nc1cc(CCc2ccc(-c3ccccc3F)cc2)no1. The van der Waals surface area contributed by atoms with Crippen LogP contribution in [0.25, 0.3) is 11.1 Å². The number of anilines is 1. The van der Waals surface area contributed by atoms with Gasteiger partial charge in [-0.1, -0.05) is 47.6 Å². The van der Waals surface area contributed by atoms with Crippen LogP contribution in [0.2, 0.25) is 0 Å². The normalized spacial score (nSPS) is 11.5. The van der Waals surface area contributed by atoms with Gasteiger partial charge in [0, 0.05) is 18.7 Å². The highest BCUT2D eigenvalue weighted by Crippen LogP contribution is 2.23. The molecule has 0 saturated carbocycles. The van der Waals surface area contributed by atoms with E-state index in [1.165, 1.54) is 6.07 Å². The molecular weight excluding hydrogens is 319 g/mol.